The van der Waals surface area contributed by atoms with Gasteiger partial charge in [0.15, 0.2) is 16.0 Å². The number of nitrogens with zero attached hydrogens (tertiary/aromatic N) is 3. The number of carbonyl (C=O) groups excluding carboxylic acids is 2. The molecule has 0 saturated carbocycles. The van der Waals surface area contributed by atoms with Crippen molar-refractivity contribution in [2.75, 3.05) is 0 Å². The van der Waals surface area contributed by atoms with Gasteiger partial charge in [0.25, 0.3) is 11.8 Å². The first-order chi connectivity index (χ1) is 11.1. The molecule has 0 aliphatic carbocycles. The van der Waals surface area contributed by atoms with E-state index >= 15 is 0 Å². The predicted molar refractivity (Wildman–Crippen MR) is 82.8 cm³/mol. The molecule has 116 valence electrons. The quantitative estimate of drug-likeness (QED) is 0.876. The molecule has 2 aliphatic rings. The van der Waals surface area contributed by atoms with Crippen LogP contribution < -0.4 is 4.72 Å². The number of rotatable bonds is 2. The van der Waals surface area contributed by atoms with Gasteiger partial charge in [0.05, 0.1) is 12.2 Å². The molecule has 3 heterocycles. The number of carbonyl (C=O) groups is 2. The Bertz CT molecular complexity index is 849. The highest BCUT2D eigenvalue weighted by Gasteiger charge is 2.29. The molecule has 0 radical (unpaired) electrons. The smallest absolute Gasteiger partial charge is 0.258 e. The average Bonchev–Trinajstić information content (AvgIpc) is 3.19. The summed E-state index contributed by atoms with van der Waals surface area (Å²) in [5.74, 6) is -0.439. The second-order valence-electron chi connectivity index (χ2n) is 5.29. The molecule has 4 rings (SSSR count). The van der Waals surface area contributed by atoms with Crippen LogP contribution in [-0.2, 0) is 28.9 Å². The first-order valence-corrected chi connectivity index (χ1v) is 8.13. The highest BCUT2D eigenvalue weighted by molar-refractivity contribution is 7.93. The van der Waals surface area contributed by atoms with Crippen LogP contribution in [0.3, 0.4) is 0 Å². The van der Waals surface area contributed by atoms with E-state index in [0.717, 1.165) is 11.3 Å². The molecule has 1 aromatic heterocycles. The zero-order valence-corrected chi connectivity index (χ0v) is 12.7. The van der Waals surface area contributed by atoms with Crippen molar-refractivity contribution >= 4 is 27.8 Å². The molecule has 7 nitrogen and oxygen atoms in total. The summed E-state index contributed by atoms with van der Waals surface area (Å²) in [7, 11) is -1.58. The third-order valence-corrected chi connectivity index (χ3v) is 4.82. The Morgan fingerprint density at radius 2 is 2.00 bits per heavy atom. The van der Waals surface area contributed by atoms with Crippen LogP contribution in [-0.4, -0.2) is 30.7 Å². The van der Waals surface area contributed by atoms with E-state index in [9.17, 15) is 13.8 Å². The van der Waals surface area contributed by atoms with E-state index < -0.39 is 16.9 Å². The lowest BCUT2D eigenvalue weighted by atomic mass is 10.2. The Kier molecular flexibility index (Phi) is 3.12. The van der Waals surface area contributed by atoms with Gasteiger partial charge in [0.1, 0.15) is 0 Å². The monoisotopic (exact) mass is 328 g/mol. The largest absolute Gasteiger partial charge is 0.328 e. The molecule has 1 N–H and O–H groups in total. The topological polar surface area (TPSA) is 84.3 Å². The Morgan fingerprint density at radius 1 is 1.22 bits per heavy atom. The van der Waals surface area contributed by atoms with Crippen LogP contribution in [0, 0.1) is 0 Å². The summed E-state index contributed by atoms with van der Waals surface area (Å²) in [6.45, 7) is 0.849. The predicted octanol–water partition coefficient (Wildman–Crippen LogP) is 0.631. The lowest BCUT2D eigenvalue weighted by Crippen LogP contribution is -2.26. The van der Waals surface area contributed by atoms with Gasteiger partial charge in [-0.2, -0.15) is 5.10 Å². The summed E-state index contributed by atoms with van der Waals surface area (Å²) in [6.07, 6.45) is 2.99. The maximum atomic E-state index is 12.4. The average molecular weight is 328 g/mol. The van der Waals surface area contributed by atoms with E-state index in [1.165, 1.54) is 10.8 Å². The standard InChI is InChI=1S/C15H12N4O3S/c20-13-6-14(23(22)17-13)19-8-11-7-18(9-12(11)16-19)15(21)10-4-2-1-3-5-10/h1-6,8H,7,9H2,(H,17,20). The van der Waals surface area contributed by atoms with Crippen molar-refractivity contribution in [3.05, 3.63) is 59.4 Å². The van der Waals surface area contributed by atoms with E-state index in [0.29, 0.717) is 23.7 Å². The maximum Gasteiger partial charge on any atom is 0.258 e. The lowest BCUT2D eigenvalue weighted by Gasteiger charge is -2.15. The highest BCUT2D eigenvalue weighted by Crippen LogP contribution is 2.25. The van der Waals surface area contributed by atoms with Crippen molar-refractivity contribution in [2.45, 2.75) is 13.1 Å². The molecule has 2 aromatic rings. The van der Waals surface area contributed by atoms with Crippen LogP contribution in [0.15, 0.2) is 42.6 Å². The van der Waals surface area contributed by atoms with Crippen LogP contribution in [0.5, 0.6) is 0 Å². The zero-order chi connectivity index (χ0) is 16.0. The minimum absolute atomic E-state index is 0.0457. The molecule has 0 spiro atoms. The van der Waals surface area contributed by atoms with Crippen LogP contribution >= 0.6 is 0 Å². The molecule has 1 aromatic carbocycles. The number of aromatic nitrogens is 2. The van der Waals surface area contributed by atoms with Gasteiger partial charge in [0.2, 0.25) is 0 Å². The van der Waals surface area contributed by atoms with E-state index in [4.69, 9.17) is 0 Å². The molecule has 0 saturated heterocycles. The zero-order valence-electron chi connectivity index (χ0n) is 11.9. The van der Waals surface area contributed by atoms with Crippen molar-refractivity contribution in [1.82, 2.24) is 19.4 Å². The third kappa shape index (κ3) is 2.36. The molecular weight excluding hydrogens is 316 g/mol. The second-order valence-corrected chi connectivity index (χ2v) is 6.45. The van der Waals surface area contributed by atoms with Crippen molar-refractivity contribution < 1.29 is 13.8 Å². The molecule has 1 atom stereocenters. The number of nitrogens with one attached hydrogen (secondary N) is 1. The number of benzene rings is 1. The number of hydrogen-bond donors (Lipinski definition) is 1. The minimum Gasteiger partial charge on any atom is -0.328 e. The van der Waals surface area contributed by atoms with Gasteiger partial charge in [-0.05, 0) is 12.1 Å². The molecule has 1 unspecified atom stereocenters. The molecule has 2 amide bonds. The normalized spacial score (nSPS) is 19.5. The Balaban J connectivity index is 1.55. The summed E-state index contributed by atoms with van der Waals surface area (Å²) < 4.78 is 15.5. The van der Waals surface area contributed by atoms with Crippen LogP contribution in [0.4, 0.5) is 0 Å². The van der Waals surface area contributed by atoms with Gasteiger partial charge in [-0.25, -0.2) is 8.89 Å². The summed E-state index contributed by atoms with van der Waals surface area (Å²) in [5.41, 5.74) is 2.29. The fourth-order valence-corrected chi connectivity index (χ4v) is 3.49. The number of hydrogen-bond acceptors (Lipinski definition) is 4. The first kappa shape index (κ1) is 13.9. The third-order valence-electron chi connectivity index (χ3n) is 3.75. The minimum atomic E-state index is -1.58. The SMILES string of the molecule is O=C1C=C(n2cc3c(n2)CN(C(=O)c2ccccc2)C3)S(=O)N1. The molecule has 23 heavy (non-hydrogen) atoms. The molecular formula is C15H12N4O3S. The molecule has 0 fully saturated rings. The van der Waals surface area contributed by atoms with Gasteiger partial charge in [0, 0.05) is 29.9 Å². The van der Waals surface area contributed by atoms with Crippen LogP contribution in [0.2, 0.25) is 0 Å². The van der Waals surface area contributed by atoms with Crippen molar-refractivity contribution in [1.29, 1.82) is 0 Å². The summed E-state index contributed by atoms with van der Waals surface area (Å²) >= 11 is 0. The second kappa shape index (κ2) is 5.17. The fourth-order valence-electron chi connectivity index (χ4n) is 2.66. The van der Waals surface area contributed by atoms with E-state index in [-0.39, 0.29) is 5.91 Å². The number of fused-ring (bicyclic) bond motifs is 1. The Hall–Kier alpha value is -2.74. The van der Waals surface area contributed by atoms with Gasteiger partial charge < -0.3 is 4.90 Å². The summed E-state index contributed by atoms with van der Waals surface area (Å²) in [4.78, 5) is 25.4. The van der Waals surface area contributed by atoms with Crippen molar-refractivity contribution in [3.63, 3.8) is 0 Å². The fraction of sp³-hybridized carbons (Fsp3) is 0.133. The Morgan fingerprint density at radius 3 is 2.65 bits per heavy atom. The Labute approximate surface area is 134 Å². The van der Waals surface area contributed by atoms with Crippen LogP contribution in [0.25, 0.3) is 5.03 Å². The lowest BCUT2D eigenvalue weighted by molar-refractivity contribution is -0.114. The molecule has 0 bridgehead atoms. The van der Waals surface area contributed by atoms with Crippen molar-refractivity contribution in [3.8, 4) is 0 Å². The van der Waals surface area contributed by atoms with Crippen molar-refractivity contribution in [2.24, 2.45) is 0 Å². The van der Waals surface area contributed by atoms with Gasteiger partial charge in [-0.3, -0.25) is 14.3 Å². The van der Waals surface area contributed by atoms with E-state index in [2.05, 4.69) is 9.82 Å². The molecule has 2 aliphatic heterocycles. The maximum absolute atomic E-state index is 12.4. The van der Waals surface area contributed by atoms with Gasteiger partial charge in [-0.1, -0.05) is 18.2 Å². The van der Waals surface area contributed by atoms with Gasteiger partial charge in [-0.15, -0.1) is 0 Å². The number of amides is 2. The highest BCUT2D eigenvalue weighted by atomic mass is 32.2. The van der Waals surface area contributed by atoms with E-state index in [1.54, 1.807) is 23.2 Å². The van der Waals surface area contributed by atoms with E-state index in [1.807, 2.05) is 18.2 Å². The molecule has 8 heteroatoms. The van der Waals surface area contributed by atoms with Gasteiger partial charge >= 0.3 is 0 Å². The first-order valence-electron chi connectivity index (χ1n) is 6.98. The van der Waals surface area contributed by atoms with Crippen LogP contribution in [0.1, 0.15) is 21.6 Å². The summed E-state index contributed by atoms with van der Waals surface area (Å²) in [6, 6.07) is 9.08. The summed E-state index contributed by atoms with van der Waals surface area (Å²) in [5, 5.41) is 4.66.